The average Bonchev–Trinajstić information content (AvgIpc) is 3.06. The summed E-state index contributed by atoms with van der Waals surface area (Å²) in [6.45, 7) is -0.213. The van der Waals surface area contributed by atoms with Crippen LogP contribution in [0.15, 0.2) is 24.3 Å². The van der Waals surface area contributed by atoms with Crippen LogP contribution in [0.2, 0.25) is 0 Å². The number of likely N-dealkylation sites (tertiary alicyclic amines) is 1. The lowest BCUT2D eigenvalue weighted by Crippen LogP contribution is -2.63. The Hall–Kier alpha value is -1.98. The fourth-order valence-corrected chi connectivity index (χ4v) is 3.29. The molecule has 12 heteroatoms. The van der Waals surface area contributed by atoms with Crippen molar-refractivity contribution in [2.75, 3.05) is 13.1 Å². The van der Waals surface area contributed by atoms with E-state index >= 15 is 0 Å². The largest absolute Gasteiger partial charge is 0.381 e. The van der Waals surface area contributed by atoms with Crippen LogP contribution < -0.4 is 0 Å². The highest BCUT2D eigenvalue weighted by Crippen LogP contribution is 2.53. The molecule has 0 N–H and O–H groups in total. The number of hydrogen-bond acceptors (Lipinski definition) is 3. The highest BCUT2D eigenvalue weighted by atomic mass is 19.4. The third kappa shape index (κ3) is 3.11. The highest BCUT2D eigenvalue weighted by molar-refractivity contribution is 5.74. The summed E-state index contributed by atoms with van der Waals surface area (Å²) in [7, 11) is 0. The summed E-state index contributed by atoms with van der Waals surface area (Å²) in [5, 5.41) is 7.06. The van der Waals surface area contributed by atoms with E-state index in [9.17, 15) is 35.1 Å². The van der Waals surface area contributed by atoms with Crippen molar-refractivity contribution >= 4 is 11.0 Å². The summed E-state index contributed by atoms with van der Waals surface area (Å²) in [4.78, 5) is 0.861. The molecule has 0 spiro atoms. The van der Waals surface area contributed by atoms with Crippen LogP contribution in [0, 0.1) is 0 Å². The van der Waals surface area contributed by atoms with Crippen molar-refractivity contribution in [3.05, 3.63) is 24.3 Å². The molecule has 28 heavy (non-hydrogen) atoms. The van der Waals surface area contributed by atoms with E-state index in [1.807, 2.05) is 0 Å². The lowest BCUT2D eigenvalue weighted by molar-refractivity contribution is -0.358. The molecule has 1 aromatic carbocycles. The average molecular weight is 416 g/mol. The maximum Gasteiger partial charge on any atom is 0.381 e. The molecule has 1 fully saturated rings. The fraction of sp³-hybridized carbons (Fsp3) is 0.625. The molecular formula is C16H16F8N4. The van der Waals surface area contributed by atoms with Gasteiger partial charge in [-0.05, 0) is 25.0 Å². The van der Waals surface area contributed by atoms with E-state index in [0.717, 1.165) is 4.90 Å². The predicted octanol–water partition coefficient (Wildman–Crippen LogP) is 4.59. The van der Waals surface area contributed by atoms with Gasteiger partial charge in [0.25, 0.3) is 0 Å². The smallest absolute Gasteiger partial charge is 0.277 e. The van der Waals surface area contributed by atoms with E-state index in [1.165, 1.54) is 24.3 Å². The van der Waals surface area contributed by atoms with Gasteiger partial charge in [0.15, 0.2) is 6.17 Å². The monoisotopic (exact) mass is 416 g/mol. The van der Waals surface area contributed by atoms with Crippen LogP contribution in [0.1, 0.15) is 25.4 Å². The zero-order valence-electron chi connectivity index (χ0n) is 14.3. The standard InChI is InChI=1S/C16H16F8N4/c17-12(18)14(19,20)16(23,24)15(21,22)13(27-8-4-1-5-9-27)28-11-7-3-2-6-10(11)25-26-28/h2-3,6-7,12-13H,1,4-5,8-9H2. The first-order chi connectivity index (χ1) is 13.0. The van der Waals surface area contributed by atoms with E-state index in [0.29, 0.717) is 23.9 Å². The summed E-state index contributed by atoms with van der Waals surface area (Å²) in [6.07, 6.45) is -6.33. The second-order valence-corrected chi connectivity index (χ2v) is 6.61. The lowest BCUT2D eigenvalue weighted by Gasteiger charge is -2.42. The minimum atomic E-state index is -6.33. The summed E-state index contributed by atoms with van der Waals surface area (Å²) in [6, 6.07) is 5.52. The Bertz CT molecular complexity index is 816. The van der Waals surface area contributed by atoms with E-state index in [1.54, 1.807) is 0 Å². The third-order valence-electron chi connectivity index (χ3n) is 4.78. The molecule has 156 valence electrons. The molecular weight excluding hydrogens is 400 g/mol. The van der Waals surface area contributed by atoms with Gasteiger partial charge in [-0.3, -0.25) is 4.90 Å². The number of aromatic nitrogens is 3. The van der Waals surface area contributed by atoms with E-state index in [4.69, 9.17) is 0 Å². The molecule has 1 atom stereocenters. The number of rotatable bonds is 6. The van der Waals surface area contributed by atoms with Crippen molar-refractivity contribution in [3.63, 3.8) is 0 Å². The fourth-order valence-electron chi connectivity index (χ4n) is 3.29. The molecule has 1 aliphatic heterocycles. The quantitative estimate of drug-likeness (QED) is 0.647. The molecule has 1 saturated heterocycles. The number of piperidine rings is 1. The molecule has 0 amide bonds. The minimum Gasteiger partial charge on any atom is -0.277 e. The van der Waals surface area contributed by atoms with Crippen LogP contribution >= 0.6 is 0 Å². The Morgan fingerprint density at radius 2 is 1.46 bits per heavy atom. The van der Waals surface area contributed by atoms with Crippen molar-refractivity contribution in [1.82, 2.24) is 19.9 Å². The Labute approximate surface area is 154 Å². The Balaban J connectivity index is 2.15. The molecule has 0 radical (unpaired) electrons. The molecule has 2 aromatic rings. The first-order valence-electron chi connectivity index (χ1n) is 8.47. The van der Waals surface area contributed by atoms with Crippen molar-refractivity contribution in [2.24, 2.45) is 0 Å². The van der Waals surface area contributed by atoms with Gasteiger partial charge in [-0.25, -0.2) is 13.5 Å². The van der Waals surface area contributed by atoms with E-state index < -0.39 is 30.4 Å². The summed E-state index contributed by atoms with van der Waals surface area (Å²) < 4.78 is 111. The first-order valence-corrected chi connectivity index (χ1v) is 8.47. The molecule has 0 aliphatic carbocycles. The molecule has 3 rings (SSSR count). The maximum atomic E-state index is 14.9. The van der Waals surface area contributed by atoms with Gasteiger partial charge in [0.2, 0.25) is 0 Å². The van der Waals surface area contributed by atoms with Crippen molar-refractivity contribution in [3.8, 4) is 0 Å². The number of hydrogen-bond donors (Lipinski definition) is 0. The predicted molar refractivity (Wildman–Crippen MR) is 82.8 cm³/mol. The molecule has 1 unspecified atom stereocenters. The van der Waals surface area contributed by atoms with Crippen LogP contribution in [-0.2, 0) is 0 Å². The van der Waals surface area contributed by atoms with E-state index in [2.05, 4.69) is 10.3 Å². The number of benzene rings is 1. The molecule has 0 bridgehead atoms. The molecule has 0 saturated carbocycles. The normalized spacial score (nSPS) is 18.8. The van der Waals surface area contributed by atoms with Gasteiger partial charge >= 0.3 is 24.2 Å². The number of fused-ring (bicyclic) bond motifs is 1. The zero-order chi connectivity index (χ0) is 20.7. The summed E-state index contributed by atoms with van der Waals surface area (Å²) in [5.74, 6) is -18.1. The van der Waals surface area contributed by atoms with Gasteiger partial charge in [0, 0.05) is 13.1 Å². The SMILES string of the molecule is FC(F)C(F)(F)C(F)(F)C(F)(F)C(N1CCCCC1)n1nnc2ccccc21. The minimum absolute atomic E-state index is 0.0734. The van der Waals surface area contributed by atoms with Crippen LogP contribution in [0.4, 0.5) is 35.1 Å². The Kier molecular flexibility index (Phi) is 5.28. The second kappa shape index (κ2) is 7.12. The Morgan fingerprint density at radius 3 is 2.07 bits per heavy atom. The van der Waals surface area contributed by atoms with Crippen molar-refractivity contribution in [2.45, 2.75) is 49.6 Å². The summed E-state index contributed by atoms with van der Waals surface area (Å²) >= 11 is 0. The molecule has 4 nitrogen and oxygen atoms in total. The molecule has 1 aliphatic rings. The topological polar surface area (TPSA) is 34.0 Å². The van der Waals surface area contributed by atoms with Crippen LogP contribution in [-0.4, -0.2) is 57.2 Å². The number of nitrogens with zero attached hydrogens (tertiary/aromatic N) is 4. The van der Waals surface area contributed by atoms with Gasteiger partial charge in [-0.2, -0.15) is 26.3 Å². The van der Waals surface area contributed by atoms with Gasteiger partial charge in [-0.1, -0.05) is 23.8 Å². The van der Waals surface area contributed by atoms with E-state index in [-0.39, 0.29) is 24.1 Å². The molecule has 1 aromatic heterocycles. The first kappa shape index (κ1) is 20.7. The third-order valence-corrected chi connectivity index (χ3v) is 4.78. The van der Waals surface area contributed by atoms with Gasteiger partial charge in [-0.15, -0.1) is 5.10 Å². The lowest BCUT2D eigenvalue weighted by atomic mass is 9.99. The van der Waals surface area contributed by atoms with Gasteiger partial charge in [0.1, 0.15) is 5.52 Å². The summed E-state index contributed by atoms with van der Waals surface area (Å²) in [5.41, 5.74) is -0.0295. The van der Waals surface area contributed by atoms with Gasteiger partial charge < -0.3 is 0 Å². The number of alkyl halides is 8. The highest BCUT2D eigenvalue weighted by Gasteiger charge is 2.78. The van der Waals surface area contributed by atoms with Crippen LogP contribution in [0.3, 0.4) is 0 Å². The van der Waals surface area contributed by atoms with Gasteiger partial charge in [0.05, 0.1) is 5.52 Å². The Morgan fingerprint density at radius 1 is 0.857 bits per heavy atom. The van der Waals surface area contributed by atoms with Crippen LogP contribution in [0.5, 0.6) is 0 Å². The second-order valence-electron chi connectivity index (χ2n) is 6.61. The van der Waals surface area contributed by atoms with Crippen LogP contribution in [0.25, 0.3) is 11.0 Å². The number of halogens is 8. The van der Waals surface area contributed by atoms with Crippen molar-refractivity contribution in [1.29, 1.82) is 0 Å². The molecule has 2 heterocycles. The number of para-hydroxylation sites is 1. The zero-order valence-corrected chi connectivity index (χ0v) is 14.3. The van der Waals surface area contributed by atoms with Crippen molar-refractivity contribution < 1.29 is 35.1 Å². The maximum absolute atomic E-state index is 14.9.